The summed E-state index contributed by atoms with van der Waals surface area (Å²) < 4.78 is 23.3. The van der Waals surface area contributed by atoms with Crippen LogP contribution in [-0.2, 0) is 42.9 Å². The zero-order valence-electron chi connectivity index (χ0n) is 29.7. The van der Waals surface area contributed by atoms with E-state index in [0.29, 0.717) is 22.3 Å². The van der Waals surface area contributed by atoms with Crippen LogP contribution in [0.25, 0.3) is 0 Å². The second-order valence-corrected chi connectivity index (χ2v) is 14.5. The summed E-state index contributed by atoms with van der Waals surface area (Å²) in [4.78, 5) is 67.1. The summed E-state index contributed by atoms with van der Waals surface area (Å²) in [5.74, 6) is -4.00. The highest BCUT2D eigenvalue weighted by molar-refractivity contribution is 5.93. The summed E-state index contributed by atoms with van der Waals surface area (Å²) in [6, 6.07) is 8.22. The van der Waals surface area contributed by atoms with Gasteiger partial charge >= 0.3 is 23.9 Å². The molecule has 1 aromatic carbocycles. The van der Waals surface area contributed by atoms with E-state index in [-0.39, 0.29) is 19.3 Å². The second kappa shape index (κ2) is 14.5. The molecule has 2 N–H and O–H groups in total. The Morgan fingerprint density at radius 3 is 2.02 bits per heavy atom. The lowest BCUT2D eigenvalue weighted by atomic mass is 9.57. The molecule has 0 aromatic heterocycles. The number of rotatable bonds is 8. The smallest absolute Gasteiger partial charge is 0.337 e. The molecule has 12 nitrogen and oxygen atoms in total. The van der Waals surface area contributed by atoms with Crippen molar-refractivity contribution in [1.29, 1.82) is 0 Å². The Hall–Kier alpha value is -3.87. The molecule has 1 aromatic rings. The molecule has 0 radical (unpaired) electrons. The van der Waals surface area contributed by atoms with Gasteiger partial charge in [-0.2, -0.15) is 0 Å². The van der Waals surface area contributed by atoms with Crippen molar-refractivity contribution in [3.8, 4) is 0 Å². The van der Waals surface area contributed by atoms with E-state index in [4.69, 9.17) is 18.9 Å². The molecule has 0 spiro atoms. The monoisotopic (exact) mass is 683 g/mol. The molecule has 3 aliphatic carbocycles. The van der Waals surface area contributed by atoms with Crippen molar-refractivity contribution in [1.82, 2.24) is 4.90 Å². The molecule has 4 bridgehead atoms. The summed E-state index contributed by atoms with van der Waals surface area (Å²) in [6.45, 7) is 10.7. The zero-order chi connectivity index (χ0) is 36.6. The van der Waals surface area contributed by atoms with Crippen molar-refractivity contribution < 1.29 is 53.1 Å². The van der Waals surface area contributed by atoms with E-state index in [1.54, 1.807) is 63.2 Å². The minimum atomic E-state index is -1.69. The zero-order valence-corrected chi connectivity index (χ0v) is 29.7. The predicted molar refractivity (Wildman–Crippen MR) is 176 cm³/mol. The maximum Gasteiger partial charge on any atom is 0.337 e. The van der Waals surface area contributed by atoms with Gasteiger partial charge in [0.05, 0.1) is 11.5 Å². The van der Waals surface area contributed by atoms with Crippen LogP contribution in [0.15, 0.2) is 53.1 Å². The van der Waals surface area contributed by atoms with Crippen LogP contribution < -0.4 is 0 Å². The fourth-order valence-electron chi connectivity index (χ4n) is 8.04. The summed E-state index contributed by atoms with van der Waals surface area (Å²) in [5.41, 5.74) is -0.553. The fourth-order valence-corrected chi connectivity index (χ4v) is 8.04. The van der Waals surface area contributed by atoms with E-state index in [9.17, 15) is 34.2 Å². The molecule has 0 heterocycles. The Morgan fingerprint density at radius 2 is 1.47 bits per heavy atom. The summed E-state index contributed by atoms with van der Waals surface area (Å²) in [7, 11) is 3.45. The number of ketones is 1. The molecule has 0 aliphatic heterocycles. The molecule has 3 aliphatic rings. The standard InChI is InChI=1S/C37H49NO11/c1-19-26(46-20(2)39)16-25-28(47-21(3)40)15-24-18-37(7,34(44)32(42)30(19)36(25,5)6)29(48-22(4)41)17-27(24)49-35(45)33(43)31(38(8)9)23-13-11-10-12-14-23/h10-15,25-29,31-33,42-43H,16-18H2,1-9H3/b24-15+/t25-,26+,27?,28+,29+,31+,32-,33-,37-/m1/s1. The maximum atomic E-state index is 14.5. The number of hydrogen-bond acceptors (Lipinski definition) is 12. The molecule has 0 saturated heterocycles. The number of hydrogen-bond donors (Lipinski definition) is 2. The lowest BCUT2D eigenvalue weighted by Gasteiger charge is -2.51. The van der Waals surface area contributed by atoms with Gasteiger partial charge in [0.25, 0.3) is 0 Å². The number of carbonyl (C=O) groups excluding carboxylic acids is 5. The van der Waals surface area contributed by atoms with Crippen LogP contribution in [0.3, 0.4) is 0 Å². The molecule has 12 heteroatoms. The van der Waals surface area contributed by atoms with E-state index >= 15 is 0 Å². The quantitative estimate of drug-likeness (QED) is 0.233. The Bertz CT molecular complexity index is 1530. The molecule has 4 rings (SSSR count). The molecule has 1 unspecified atom stereocenters. The number of benzene rings is 1. The maximum absolute atomic E-state index is 14.5. The normalized spacial score (nSPS) is 31.8. The number of fused-ring (bicyclic) bond motifs is 4. The number of ether oxygens (including phenoxy) is 4. The van der Waals surface area contributed by atoms with Crippen molar-refractivity contribution in [2.24, 2.45) is 16.7 Å². The number of aliphatic hydroxyl groups is 2. The second-order valence-electron chi connectivity index (χ2n) is 14.5. The molecule has 49 heavy (non-hydrogen) atoms. The lowest BCUT2D eigenvalue weighted by Crippen LogP contribution is -2.57. The first kappa shape index (κ1) is 37.9. The van der Waals surface area contributed by atoms with Crippen molar-refractivity contribution in [2.75, 3.05) is 14.1 Å². The van der Waals surface area contributed by atoms with Gasteiger partial charge in [-0.3, -0.25) is 24.1 Å². The Balaban J connectivity index is 1.88. The Kier molecular flexibility index (Phi) is 11.3. The Labute approximate surface area is 287 Å². The predicted octanol–water partition coefficient (Wildman–Crippen LogP) is 3.39. The first-order valence-corrected chi connectivity index (χ1v) is 16.5. The van der Waals surface area contributed by atoms with Crippen LogP contribution in [-0.4, -0.2) is 95.5 Å². The van der Waals surface area contributed by atoms with E-state index in [2.05, 4.69) is 0 Å². The molecular weight excluding hydrogens is 634 g/mol. The topological polar surface area (TPSA) is 166 Å². The van der Waals surface area contributed by atoms with Crippen molar-refractivity contribution in [3.63, 3.8) is 0 Å². The number of nitrogens with zero attached hydrogens (tertiary/aromatic N) is 1. The van der Waals surface area contributed by atoms with Gasteiger partial charge in [-0.15, -0.1) is 0 Å². The number of carbonyl (C=O) groups is 5. The van der Waals surface area contributed by atoms with Crippen LogP contribution in [0, 0.1) is 16.7 Å². The van der Waals surface area contributed by atoms with E-state index in [1.165, 1.54) is 20.8 Å². The average Bonchev–Trinajstić information content (AvgIpc) is 2.99. The van der Waals surface area contributed by atoms with Crippen LogP contribution in [0.1, 0.15) is 79.3 Å². The van der Waals surface area contributed by atoms with E-state index in [0.717, 1.165) is 0 Å². The molecule has 268 valence electrons. The number of Topliss-reactive ketones (excluding diaryl/α,β-unsaturated/α-hetero) is 1. The largest absolute Gasteiger partial charge is 0.461 e. The van der Waals surface area contributed by atoms with Crippen LogP contribution in [0.2, 0.25) is 0 Å². The highest BCUT2D eigenvalue weighted by atomic mass is 16.6. The van der Waals surface area contributed by atoms with E-state index in [1.807, 2.05) is 19.9 Å². The van der Waals surface area contributed by atoms with Crippen molar-refractivity contribution >= 4 is 29.7 Å². The number of aliphatic hydroxyl groups excluding tert-OH is 2. The van der Waals surface area contributed by atoms with Crippen molar-refractivity contribution in [2.45, 2.75) is 110 Å². The summed E-state index contributed by atoms with van der Waals surface area (Å²) >= 11 is 0. The first-order chi connectivity index (χ1) is 22.8. The minimum Gasteiger partial charge on any atom is -0.461 e. The van der Waals surface area contributed by atoms with Gasteiger partial charge in [-0.25, -0.2) is 4.79 Å². The van der Waals surface area contributed by atoms with Gasteiger partial charge in [-0.1, -0.05) is 44.2 Å². The van der Waals surface area contributed by atoms with Gasteiger partial charge in [-0.05, 0) is 74.6 Å². The summed E-state index contributed by atoms with van der Waals surface area (Å²) in [6.07, 6.45) is -5.76. The summed E-state index contributed by atoms with van der Waals surface area (Å²) in [5, 5.41) is 23.3. The van der Waals surface area contributed by atoms with Gasteiger partial charge < -0.3 is 29.2 Å². The lowest BCUT2D eigenvalue weighted by molar-refractivity contribution is -0.174. The SMILES string of the molecule is CC(=O)O[C@H]1C[C@@H]2[C@@H](OC(C)=O)/C=C3\C[C@@](C)(C(=O)[C@H](O)C(=C1C)C2(C)C)[C@@H](OC(C)=O)CC3OC(=O)[C@H](O)[C@H](c1ccccc1)N(C)C. The Morgan fingerprint density at radius 1 is 0.878 bits per heavy atom. The van der Waals surface area contributed by atoms with Crippen LogP contribution >= 0.6 is 0 Å². The van der Waals surface area contributed by atoms with Gasteiger partial charge in [0, 0.05) is 33.1 Å². The molecular formula is C37H49NO11. The average molecular weight is 684 g/mol. The minimum absolute atomic E-state index is 0.116. The van der Waals surface area contributed by atoms with Crippen LogP contribution in [0.4, 0.5) is 0 Å². The first-order valence-electron chi connectivity index (χ1n) is 16.5. The third kappa shape index (κ3) is 7.66. The highest BCUT2D eigenvalue weighted by Crippen LogP contribution is 2.53. The molecule has 9 atom stereocenters. The van der Waals surface area contributed by atoms with E-state index < -0.39 is 89.1 Å². The van der Waals surface area contributed by atoms with Crippen molar-refractivity contribution in [3.05, 3.63) is 58.7 Å². The number of likely N-dealkylation sites (N-methyl/N-ethyl adjacent to an activating group) is 1. The molecule has 0 amide bonds. The fraction of sp³-hybridized carbons (Fsp3) is 0.595. The van der Waals surface area contributed by atoms with Gasteiger partial charge in [0.15, 0.2) is 11.9 Å². The third-order valence-corrected chi connectivity index (χ3v) is 10.4. The van der Waals surface area contributed by atoms with Gasteiger partial charge in [0.1, 0.15) is 30.5 Å². The third-order valence-electron chi connectivity index (χ3n) is 10.4. The molecule has 1 fully saturated rings. The number of esters is 4. The van der Waals surface area contributed by atoms with Gasteiger partial charge in [0.2, 0.25) is 0 Å². The van der Waals surface area contributed by atoms with Crippen LogP contribution in [0.5, 0.6) is 0 Å². The molecule has 1 saturated carbocycles. The highest BCUT2D eigenvalue weighted by Gasteiger charge is 2.57.